The van der Waals surface area contributed by atoms with Crippen molar-refractivity contribution in [3.8, 4) is 0 Å². The van der Waals surface area contributed by atoms with Crippen LogP contribution in [0.15, 0.2) is 21.7 Å². The molecule has 0 spiro atoms. The Hall–Kier alpha value is -0.190. The van der Waals surface area contributed by atoms with Crippen molar-refractivity contribution in [1.29, 1.82) is 0 Å². The Bertz CT molecular complexity index is 377. The Kier molecular flexibility index (Phi) is 4.39. The molecule has 5 unspecified atom stereocenters. The van der Waals surface area contributed by atoms with Gasteiger partial charge in [0, 0.05) is 6.04 Å². The average molecular weight is 271 g/mol. The average Bonchev–Trinajstić information content (AvgIpc) is 2.80. The maximum atomic E-state index is 12.6. The molecule has 0 bridgehead atoms. The Morgan fingerprint density at radius 1 is 1.41 bits per heavy atom. The van der Waals surface area contributed by atoms with E-state index < -0.39 is 10.8 Å². The Morgan fingerprint density at radius 3 is 2.76 bits per heavy atom. The molecule has 5 atom stereocenters. The van der Waals surface area contributed by atoms with E-state index in [1.54, 1.807) is 11.3 Å². The molecule has 1 aromatic heterocycles. The largest absolute Gasteiger partial charge is 0.316 e. The fourth-order valence-electron chi connectivity index (χ4n) is 2.98. The van der Waals surface area contributed by atoms with E-state index in [2.05, 4.69) is 19.2 Å². The van der Waals surface area contributed by atoms with Crippen molar-refractivity contribution in [3.05, 3.63) is 17.5 Å². The topological polar surface area (TPSA) is 29.1 Å². The van der Waals surface area contributed by atoms with Crippen molar-refractivity contribution >= 4 is 22.1 Å². The second kappa shape index (κ2) is 5.63. The predicted molar refractivity (Wildman–Crippen MR) is 74.9 cm³/mol. The molecule has 1 aliphatic rings. The molecular formula is C13H21NOS2. The van der Waals surface area contributed by atoms with Crippen molar-refractivity contribution in [3.63, 3.8) is 0 Å². The predicted octanol–water partition coefficient (Wildman–Crippen LogP) is 2.88. The summed E-state index contributed by atoms with van der Waals surface area (Å²) in [5.41, 5.74) is 0. The molecule has 0 aromatic carbocycles. The van der Waals surface area contributed by atoms with Gasteiger partial charge in [-0.15, -0.1) is 11.3 Å². The van der Waals surface area contributed by atoms with Crippen LogP contribution in [0.3, 0.4) is 0 Å². The molecule has 96 valence electrons. The van der Waals surface area contributed by atoms with Crippen LogP contribution < -0.4 is 5.32 Å². The minimum Gasteiger partial charge on any atom is -0.316 e. The second-order valence-electron chi connectivity index (χ2n) is 5.14. The highest BCUT2D eigenvalue weighted by atomic mass is 32.2. The number of hydrogen-bond donors (Lipinski definition) is 1. The summed E-state index contributed by atoms with van der Waals surface area (Å²) >= 11 is 1.61. The first kappa shape index (κ1) is 13.2. The zero-order chi connectivity index (χ0) is 12.4. The lowest BCUT2D eigenvalue weighted by Gasteiger charge is -2.38. The molecule has 0 aliphatic heterocycles. The van der Waals surface area contributed by atoms with Gasteiger partial charge in [0.2, 0.25) is 0 Å². The van der Waals surface area contributed by atoms with Gasteiger partial charge in [-0.3, -0.25) is 4.21 Å². The summed E-state index contributed by atoms with van der Waals surface area (Å²) in [6, 6.07) is 4.37. The first-order chi connectivity index (χ1) is 8.13. The molecule has 0 radical (unpaired) electrons. The molecule has 2 rings (SSSR count). The van der Waals surface area contributed by atoms with Crippen LogP contribution in [0.5, 0.6) is 0 Å². The van der Waals surface area contributed by atoms with E-state index >= 15 is 0 Å². The maximum absolute atomic E-state index is 12.6. The van der Waals surface area contributed by atoms with Crippen molar-refractivity contribution in [2.24, 2.45) is 11.8 Å². The van der Waals surface area contributed by atoms with Crippen molar-refractivity contribution in [2.45, 2.75) is 42.2 Å². The van der Waals surface area contributed by atoms with Crippen LogP contribution in [-0.2, 0) is 10.8 Å². The molecule has 1 aliphatic carbocycles. The van der Waals surface area contributed by atoms with E-state index in [9.17, 15) is 4.21 Å². The summed E-state index contributed by atoms with van der Waals surface area (Å²) in [7, 11) is 1.14. The lowest BCUT2D eigenvalue weighted by atomic mass is 9.80. The summed E-state index contributed by atoms with van der Waals surface area (Å²) in [4.78, 5) is 0. The van der Waals surface area contributed by atoms with E-state index in [1.807, 2.05) is 24.6 Å². The zero-order valence-corrected chi connectivity index (χ0v) is 12.3. The summed E-state index contributed by atoms with van der Waals surface area (Å²) in [5.74, 6) is 1.26. The van der Waals surface area contributed by atoms with Crippen LogP contribution in [0.1, 0.15) is 26.7 Å². The molecule has 0 amide bonds. The van der Waals surface area contributed by atoms with E-state index in [0.29, 0.717) is 12.0 Å². The third-order valence-electron chi connectivity index (χ3n) is 3.70. The van der Waals surface area contributed by atoms with Gasteiger partial charge in [-0.2, -0.15) is 0 Å². The normalized spacial score (nSPS) is 35.7. The van der Waals surface area contributed by atoms with Gasteiger partial charge < -0.3 is 5.32 Å². The highest BCUT2D eigenvalue weighted by Crippen LogP contribution is 2.35. The van der Waals surface area contributed by atoms with Gasteiger partial charge in [0.1, 0.15) is 0 Å². The lowest BCUT2D eigenvalue weighted by molar-refractivity contribution is 0.253. The van der Waals surface area contributed by atoms with Gasteiger partial charge in [-0.1, -0.05) is 19.9 Å². The van der Waals surface area contributed by atoms with Crippen LogP contribution in [0, 0.1) is 11.8 Å². The summed E-state index contributed by atoms with van der Waals surface area (Å²) < 4.78 is 13.7. The van der Waals surface area contributed by atoms with Crippen molar-refractivity contribution in [2.75, 3.05) is 7.05 Å². The van der Waals surface area contributed by atoms with E-state index in [0.717, 1.165) is 16.5 Å². The number of rotatable bonds is 3. The van der Waals surface area contributed by atoms with Gasteiger partial charge in [-0.25, -0.2) is 0 Å². The van der Waals surface area contributed by atoms with Crippen LogP contribution in [0.2, 0.25) is 0 Å². The fraction of sp³-hybridized carbons (Fsp3) is 0.692. The molecule has 1 aromatic rings. The smallest absolute Gasteiger partial charge is 0.0914 e. The third kappa shape index (κ3) is 2.80. The summed E-state index contributed by atoms with van der Waals surface area (Å²) in [6.45, 7) is 4.54. The molecule has 17 heavy (non-hydrogen) atoms. The Morgan fingerprint density at radius 2 is 2.18 bits per heavy atom. The molecule has 1 saturated carbocycles. The maximum Gasteiger partial charge on any atom is 0.0914 e. The number of hydrogen-bond acceptors (Lipinski definition) is 3. The lowest BCUT2D eigenvalue weighted by Crippen LogP contribution is -2.48. The minimum atomic E-state index is -0.858. The van der Waals surface area contributed by atoms with E-state index in [-0.39, 0.29) is 5.25 Å². The van der Waals surface area contributed by atoms with Crippen LogP contribution in [0.4, 0.5) is 0 Å². The molecule has 2 nitrogen and oxygen atoms in total. The summed E-state index contributed by atoms with van der Waals surface area (Å²) in [6.07, 6.45) is 2.34. The standard InChI is InChI=1S/C13H21NOS2/c1-9-7-10(2)13(11(8-9)14-3)17(15)12-5-4-6-16-12/h4-6,9-11,13-14H,7-8H2,1-3H3. The van der Waals surface area contributed by atoms with Gasteiger partial charge >= 0.3 is 0 Å². The molecule has 4 heteroatoms. The second-order valence-corrected chi connectivity index (χ2v) is 7.93. The van der Waals surface area contributed by atoms with Crippen LogP contribution in [-0.4, -0.2) is 22.5 Å². The molecular weight excluding hydrogens is 250 g/mol. The van der Waals surface area contributed by atoms with Crippen molar-refractivity contribution < 1.29 is 4.21 Å². The first-order valence-electron chi connectivity index (χ1n) is 6.24. The van der Waals surface area contributed by atoms with Crippen molar-refractivity contribution in [1.82, 2.24) is 5.32 Å². The Balaban J connectivity index is 2.19. The van der Waals surface area contributed by atoms with E-state index in [4.69, 9.17) is 0 Å². The molecule has 0 saturated heterocycles. The first-order valence-corrected chi connectivity index (χ1v) is 8.34. The summed E-state index contributed by atoms with van der Waals surface area (Å²) in [5, 5.41) is 5.64. The van der Waals surface area contributed by atoms with Crippen LogP contribution >= 0.6 is 11.3 Å². The van der Waals surface area contributed by atoms with Gasteiger partial charge in [0.25, 0.3) is 0 Å². The van der Waals surface area contributed by atoms with Gasteiger partial charge in [0.05, 0.1) is 20.3 Å². The monoisotopic (exact) mass is 271 g/mol. The molecule has 1 fully saturated rings. The SMILES string of the molecule is CNC1CC(C)CC(C)C1S(=O)c1cccs1. The van der Waals surface area contributed by atoms with Crippen LogP contribution in [0.25, 0.3) is 0 Å². The minimum absolute atomic E-state index is 0.259. The highest BCUT2D eigenvalue weighted by molar-refractivity contribution is 7.88. The third-order valence-corrected chi connectivity index (χ3v) is 6.96. The molecule has 1 N–H and O–H groups in total. The zero-order valence-electron chi connectivity index (χ0n) is 10.7. The molecule has 1 heterocycles. The van der Waals surface area contributed by atoms with E-state index in [1.165, 1.54) is 6.42 Å². The Labute approximate surface area is 110 Å². The fourth-order valence-corrected chi connectivity index (χ4v) is 5.87. The van der Waals surface area contributed by atoms with Gasteiger partial charge in [0.15, 0.2) is 0 Å². The number of thiophene rings is 1. The number of nitrogens with one attached hydrogen (secondary N) is 1. The quantitative estimate of drug-likeness (QED) is 0.916. The highest BCUT2D eigenvalue weighted by Gasteiger charge is 2.37. The van der Waals surface area contributed by atoms with Gasteiger partial charge in [-0.05, 0) is 43.2 Å².